The Morgan fingerprint density at radius 1 is 1.64 bits per heavy atom. The second-order valence-electron chi connectivity index (χ2n) is 1.38. The predicted molar refractivity (Wildman–Crippen MR) is 31.6 cm³/mol. The van der Waals surface area contributed by atoms with Gasteiger partial charge in [0.05, 0.1) is 6.61 Å². The molecule has 0 saturated heterocycles. The van der Waals surface area contributed by atoms with E-state index >= 15 is 0 Å². The molecule has 11 heavy (non-hydrogen) atoms. The molecule has 0 spiro atoms. The second-order valence-corrected chi connectivity index (χ2v) is 3.10. The van der Waals surface area contributed by atoms with Gasteiger partial charge in [-0.1, -0.05) is 0 Å². The standard InChI is InChI=1S/C4H9O5P.Na/c1-3-9-4(5)10(6,7)8-2;/h3H2,1-2H3,(H,6,7);/q;+1/p-1. The molecule has 0 radical (unpaired) electrons. The Balaban J connectivity index is 0. The molecule has 0 N–H and O–H groups in total. The van der Waals surface area contributed by atoms with Crippen molar-refractivity contribution < 1.29 is 53.1 Å². The number of carbonyl (C=O) groups excluding carboxylic acids is 1. The first kappa shape index (κ1) is 14.2. The van der Waals surface area contributed by atoms with Crippen LogP contribution in [0.15, 0.2) is 0 Å². The van der Waals surface area contributed by atoms with E-state index in [9.17, 15) is 14.3 Å². The molecule has 0 aliphatic rings. The molecule has 0 aliphatic carbocycles. The smallest absolute Gasteiger partial charge is 0.770 e. The first-order valence-corrected chi connectivity index (χ1v) is 4.13. The van der Waals surface area contributed by atoms with Gasteiger partial charge in [-0.25, -0.2) is 4.79 Å². The van der Waals surface area contributed by atoms with Gasteiger partial charge in [0.15, 0.2) is 0 Å². The summed E-state index contributed by atoms with van der Waals surface area (Å²) >= 11 is 0. The zero-order chi connectivity index (χ0) is 8.20. The fraction of sp³-hybridized carbons (Fsp3) is 0.750. The van der Waals surface area contributed by atoms with E-state index in [0.29, 0.717) is 0 Å². The first-order chi connectivity index (χ1) is 4.54. The van der Waals surface area contributed by atoms with E-state index in [1.54, 1.807) is 0 Å². The fourth-order valence-electron chi connectivity index (χ4n) is 0.277. The number of rotatable bonds is 3. The molecular weight excluding hydrogens is 182 g/mol. The molecule has 60 valence electrons. The van der Waals surface area contributed by atoms with Crippen molar-refractivity contribution in [1.82, 2.24) is 0 Å². The van der Waals surface area contributed by atoms with Gasteiger partial charge in [0.2, 0.25) is 7.60 Å². The molecule has 0 bridgehead atoms. The molecule has 1 unspecified atom stereocenters. The maximum Gasteiger partial charge on any atom is 1.00 e. The summed E-state index contributed by atoms with van der Waals surface area (Å²) in [5, 5.41) is 0. The average molecular weight is 190 g/mol. The van der Waals surface area contributed by atoms with Gasteiger partial charge in [0.1, 0.15) is 0 Å². The topological polar surface area (TPSA) is 75.7 Å². The summed E-state index contributed by atoms with van der Waals surface area (Å²) in [5.41, 5.74) is -1.32. The zero-order valence-corrected chi connectivity index (χ0v) is 9.59. The molecule has 0 aromatic rings. The Kier molecular flexibility index (Phi) is 7.94. The third-order valence-corrected chi connectivity index (χ3v) is 1.79. The molecule has 7 heteroatoms. The van der Waals surface area contributed by atoms with Gasteiger partial charge in [-0.05, 0) is 6.92 Å². The SMILES string of the molecule is CCOC(=O)P(=O)([O-])OC.[Na+]. The van der Waals surface area contributed by atoms with E-state index in [1.165, 1.54) is 6.92 Å². The van der Waals surface area contributed by atoms with Crippen molar-refractivity contribution in [2.24, 2.45) is 0 Å². The Morgan fingerprint density at radius 3 is 2.36 bits per heavy atom. The van der Waals surface area contributed by atoms with E-state index in [-0.39, 0.29) is 36.2 Å². The van der Waals surface area contributed by atoms with Gasteiger partial charge in [-0.15, -0.1) is 0 Å². The average Bonchev–Trinajstić information content (AvgIpc) is 1.89. The van der Waals surface area contributed by atoms with Crippen LogP contribution in [0.5, 0.6) is 0 Å². The minimum absolute atomic E-state index is 0. The molecule has 0 fully saturated rings. The Bertz CT molecular complexity index is 170. The zero-order valence-electron chi connectivity index (χ0n) is 6.70. The van der Waals surface area contributed by atoms with Crippen LogP contribution in [-0.4, -0.2) is 19.4 Å². The molecule has 0 aromatic heterocycles. The molecule has 5 nitrogen and oxygen atoms in total. The second kappa shape index (κ2) is 6.17. The van der Waals surface area contributed by atoms with E-state index in [0.717, 1.165) is 7.11 Å². The van der Waals surface area contributed by atoms with Gasteiger partial charge >= 0.3 is 35.3 Å². The summed E-state index contributed by atoms with van der Waals surface area (Å²) in [7, 11) is -3.48. The normalized spacial score (nSPS) is 14.5. The van der Waals surface area contributed by atoms with E-state index in [2.05, 4.69) is 9.26 Å². The largest absolute Gasteiger partial charge is 1.00 e. The van der Waals surface area contributed by atoms with Crippen LogP contribution in [0.1, 0.15) is 6.92 Å². The molecular formula is C4H8NaO5P. The third kappa shape index (κ3) is 4.95. The van der Waals surface area contributed by atoms with E-state index in [1.807, 2.05) is 0 Å². The van der Waals surface area contributed by atoms with Gasteiger partial charge in [0.25, 0.3) is 0 Å². The number of ether oxygens (including phenoxy) is 1. The van der Waals surface area contributed by atoms with Crippen molar-refractivity contribution in [2.45, 2.75) is 6.92 Å². The van der Waals surface area contributed by atoms with Crippen molar-refractivity contribution in [1.29, 1.82) is 0 Å². The Labute approximate surface area is 86.9 Å². The van der Waals surface area contributed by atoms with Crippen molar-refractivity contribution in [3.63, 3.8) is 0 Å². The quantitative estimate of drug-likeness (QED) is 0.359. The monoisotopic (exact) mass is 190 g/mol. The van der Waals surface area contributed by atoms with Crippen LogP contribution in [-0.2, 0) is 13.8 Å². The summed E-state index contributed by atoms with van der Waals surface area (Å²) in [4.78, 5) is 20.8. The van der Waals surface area contributed by atoms with Crippen LogP contribution in [0.3, 0.4) is 0 Å². The van der Waals surface area contributed by atoms with Crippen molar-refractivity contribution >= 4 is 13.3 Å². The maximum absolute atomic E-state index is 10.4. The number of hydrogen-bond donors (Lipinski definition) is 0. The molecule has 0 amide bonds. The van der Waals surface area contributed by atoms with Crippen LogP contribution in [0, 0.1) is 0 Å². The van der Waals surface area contributed by atoms with Crippen LogP contribution >= 0.6 is 7.60 Å². The molecule has 0 aliphatic heterocycles. The summed E-state index contributed by atoms with van der Waals surface area (Å²) in [6.07, 6.45) is 0. The van der Waals surface area contributed by atoms with Crippen LogP contribution in [0.4, 0.5) is 4.79 Å². The summed E-state index contributed by atoms with van der Waals surface area (Å²) < 4.78 is 18.5. The third-order valence-electron chi connectivity index (χ3n) is 0.732. The van der Waals surface area contributed by atoms with Crippen molar-refractivity contribution in [3.8, 4) is 0 Å². The summed E-state index contributed by atoms with van der Waals surface area (Å²) in [6.45, 7) is 1.53. The minimum Gasteiger partial charge on any atom is -0.770 e. The molecule has 0 aromatic carbocycles. The van der Waals surface area contributed by atoms with Crippen LogP contribution in [0.25, 0.3) is 0 Å². The predicted octanol–water partition coefficient (Wildman–Crippen LogP) is -2.65. The fourth-order valence-corrected chi connectivity index (χ4v) is 0.713. The molecule has 0 heterocycles. The first-order valence-electron chi connectivity index (χ1n) is 2.58. The van der Waals surface area contributed by atoms with Crippen molar-refractivity contribution in [2.75, 3.05) is 13.7 Å². The summed E-state index contributed by atoms with van der Waals surface area (Å²) in [5.74, 6) is 0. The van der Waals surface area contributed by atoms with Gasteiger partial charge in [-0.2, -0.15) is 0 Å². The molecule has 1 atom stereocenters. The summed E-state index contributed by atoms with van der Waals surface area (Å²) in [6, 6.07) is 0. The van der Waals surface area contributed by atoms with Gasteiger partial charge < -0.3 is 14.2 Å². The van der Waals surface area contributed by atoms with Crippen LogP contribution < -0.4 is 34.5 Å². The van der Waals surface area contributed by atoms with Gasteiger partial charge in [0, 0.05) is 7.11 Å². The van der Waals surface area contributed by atoms with Crippen LogP contribution in [0.2, 0.25) is 0 Å². The van der Waals surface area contributed by atoms with E-state index < -0.39 is 13.3 Å². The van der Waals surface area contributed by atoms with Gasteiger partial charge in [-0.3, -0.25) is 4.57 Å². The molecule has 0 saturated carbocycles. The minimum atomic E-state index is -4.39. The Hall–Kier alpha value is 0.620. The maximum atomic E-state index is 10.4. The Morgan fingerprint density at radius 2 is 2.09 bits per heavy atom. The molecule has 0 rings (SSSR count). The number of carbonyl (C=O) groups is 1. The van der Waals surface area contributed by atoms with Crippen molar-refractivity contribution in [3.05, 3.63) is 0 Å². The van der Waals surface area contributed by atoms with E-state index in [4.69, 9.17) is 0 Å². The number of hydrogen-bond acceptors (Lipinski definition) is 5.